The molecular formula is C13H17NO2S. The fourth-order valence-corrected chi connectivity index (χ4v) is 3.56. The van der Waals surface area contributed by atoms with Crippen molar-refractivity contribution >= 4 is 17.2 Å². The lowest BCUT2D eigenvalue weighted by Crippen LogP contribution is -2.34. The summed E-state index contributed by atoms with van der Waals surface area (Å²) in [5.74, 6) is 0.986. The van der Waals surface area contributed by atoms with E-state index in [9.17, 15) is 4.79 Å². The van der Waals surface area contributed by atoms with Gasteiger partial charge in [-0.2, -0.15) is 0 Å². The Labute approximate surface area is 105 Å². The van der Waals surface area contributed by atoms with Gasteiger partial charge in [-0.15, -0.1) is 11.3 Å². The van der Waals surface area contributed by atoms with Crippen LogP contribution in [0.2, 0.25) is 0 Å². The third kappa shape index (κ3) is 2.24. The molecule has 3 heterocycles. The molecule has 3 nitrogen and oxygen atoms in total. The summed E-state index contributed by atoms with van der Waals surface area (Å²) in [5, 5.41) is 2.12. The fourth-order valence-electron chi connectivity index (χ4n) is 2.70. The first kappa shape index (κ1) is 11.2. The van der Waals surface area contributed by atoms with Gasteiger partial charge in [-0.3, -0.25) is 4.79 Å². The molecule has 0 aliphatic carbocycles. The highest BCUT2D eigenvalue weighted by Gasteiger charge is 2.33. The van der Waals surface area contributed by atoms with E-state index in [1.165, 1.54) is 4.88 Å². The first-order valence-electron chi connectivity index (χ1n) is 6.24. The first-order valence-corrected chi connectivity index (χ1v) is 7.12. The molecule has 2 aliphatic rings. The van der Waals surface area contributed by atoms with Gasteiger partial charge in [-0.1, -0.05) is 6.07 Å². The van der Waals surface area contributed by atoms with Crippen molar-refractivity contribution < 1.29 is 9.53 Å². The summed E-state index contributed by atoms with van der Waals surface area (Å²) in [6.07, 6.45) is 2.01. The molecule has 0 N–H and O–H groups in total. The van der Waals surface area contributed by atoms with Gasteiger partial charge in [0.1, 0.15) is 0 Å². The monoisotopic (exact) mass is 251 g/mol. The third-order valence-corrected chi connectivity index (χ3v) is 4.76. The minimum absolute atomic E-state index is 0.122. The molecule has 2 fully saturated rings. The number of thiophene rings is 1. The van der Waals surface area contributed by atoms with Crippen LogP contribution < -0.4 is 0 Å². The van der Waals surface area contributed by atoms with Crippen molar-refractivity contribution in [3.8, 4) is 0 Å². The van der Waals surface area contributed by atoms with Crippen LogP contribution in [-0.4, -0.2) is 37.1 Å². The van der Waals surface area contributed by atoms with Gasteiger partial charge in [0.2, 0.25) is 5.91 Å². The smallest absolute Gasteiger partial charge is 0.228 e. The lowest BCUT2D eigenvalue weighted by molar-refractivity contribution is -0.134. The molecule has 0 saturated carbocycles. The van der Waals surface area contributed by atoms with Crippen LogP contribution in [0.5, 0.6) is 0 Å². The van der Waals surface area contributed by atoms with E-state index in [0.717, 1.165) is 32.5 Å². The number of carbonyl (C=O) groups is 1. The number of nitrogens with zero attached hydrogens (tertiary/aromatic N) is 1. The molecule has 2 saturated heterocycles. The Morgan fingerprint density at radius 3 is 3.12 bits per heavy atom. The molecule has 1 aromatic heterocycles. The Kier molecular flexibility index (Phi) is 3.16. The zero-order chi connectivity index (χ0) is 11.7. The van der Waals surface area contributed by atoms with Gasteiger partial charge in [0.25, 0.3) is 0 Å². The van der Waals surface area contributed by atoms with Crippen LogP contribution in [0.4, 0.5) is 0 Å². The second kappa shape index (κ2) is 4.78. The van der Waals surface area contributed by atoms with Crippen LogP contribution in [0.1, 0.15) is 23.6 Å². The summed E-state index contributed by atoms with van der Waals surface area (Å²) in [6.45, 7) is 3.19. The van der Waals surface area contributed by atoms with E-state index >= 15 is 0 Å². The Morgan fingerprint density at radius 2 is 2.41 bits per heavy atom. The molecule has 2 atom stereocenters. The number of hydrogen-bond donors (Lipinski definition) is 0. The molecule has 92 valence electrons. The lowest BCUT2D eigenvalue weighted by Gasteiger charge is -2.19. The zero-order valence-corrected chi connectivity index (χ0v) is 10.6. The van der Waals surface area contributed by atoms with E-state index in [0.29, 0.717) is 18.4 Å². The van der Waals surface area contributed by atoms with Gasteiger partial charge in [-0.25, -0.2) is 0 Å². The molecular weight excluding hydrogens is 234 g/mol. The molecule has 1 amide bonds. The average molecular weight is 251 g/mol. The van der Waals surface area contributed by atoms with E-state index in [-0.39, 0.29) is 5.92 Å². The SMILES string of the molecule is O=C(C1CCOC1)N1CCC(c2cccs2)C1. The zero-order valence-electron chi connectivity index (χ0n) is 9.80. The van der Waals surface area contributed by atoms with Gasteiger partial charge < -0.3 is 9.64 Å². The average Bonchev–Trinajstić information content (AvgIpc) is 3.09. The molecule has 0 radical (unpaired) electrons. The highest BCUT2D eigenvalue weighted by atomic mass is 32.1. The van der Waals surface area contributed by atoms with Crippen LogP contribution in [0.15, 0.2) is 17.5 Å². The number of carbonyl (C=O) groups excluding carboxylic acids is 1. The second-order valence-electron chi connectivity index (χ2n) is 4.85. The van der Waals surface area contributed by atoms with Crippen LogP contribution in [0.3, 0.4) is 0 Å². The summed E-state index contributed by atoms with van der Waals surface area (Å²) >= 11 is 1.80. The molecule has 3 rings (SSSR count). The van der Waals surface area contributed by atoms with Crippen molar-refractivity contribution in [2.45, 2.75) is 18.8 Å². The predicted molar refractivity (Wildman–Crippen MR) is 67.2 cm³/mol. The number of hydrogen-bond acceptors (Lipinski definition) is 3. The van der Waals surface area contributed by atoms with Gasteiger partial charge in [0.05, 0.1) is 12.5 Å². The van der Waals surface area contributed by atoms with E-state index in [2.05, 4.69) is 17.5 Å². The molecule has 2 aliphatic heterocycles. The van der Waals surface area contributed by atoms with E-state index in [1.807, 2.05) is 4.90 Å². The molecule has 17 heavy (non-hydrogen) atoms. The number of amides is 1. The number of ether oxygens (including phenoxy) is 1. The molecule has 4 heteroatoms. The largest absolute Gasteiger partial charge is 0.381 e. The Hall–Kier alpha value is -0.870. The summed E-state index contributed by atoms with van der Waals surface area (Å²) in [4.78, 5) is 15.7. The second-order valence-corrected chi connectivity index (χ2v) is 5.83. The maximum Gasteiger partial charge on any atom is 0.228 e. The van der Waals surface area contributed by atoms with Crippen LogP contribution in [0, 0.1) is 5.92 Å². The van der Waals surface area contributed by atoms with Crippen LogP contribution in [-0.2, 0) is 9.53 Å². The first-order chi connectivity index (χ1) is 8.34. The minimum Gasteiger partial charge on any atom is -0.381 e. The summed E-state index contributed by atoms with van der Waals surface area (Å²) in [6, 6.07) is 4.28. The van der Waals surface area contributed by atoms with E-state index < -0.39 is 0 Å². The highest BCUT2D eigenvalue weighted by molar-refractivity contribution is 7.10. The van der Waals surface area contributed by atoms with Crippen LogP contribution >= 0.6 is 11.3 Å². The van der Waals surface area contributed by atoms with Gasteiger partial charge in [0, 0.05) is 30.5 Å². The third-order valence-electron chi connectivity index (χ3n) is 3.72. The number of rotatable bonds is 2. The van der Waals surface area contributed by atoms with Crippen molar-refractivity contribution in [1.29, 1.82) is 0 Å². The minimum atomic E-state index is 0.122. The molecule has 0 spiro atoms. The fraction of sp³-hybridized carbons (Fsp3) is 0.615. The highest BCUT2D eigenvalue weighted by Crippen LogP contribution is 2.31. The lowest BCUT2D eigenvalue weighted by atomic mass is 10.1. The van der Waals surface area contributed by atoms with Gasteiger partial charge in [0.15, 0.2) is 0 Å². The standard InChI is InChI=1S/C13H17NO2S/c15-13(11-4-6-16-9-11)14-5-3-10(8-14)12-2-1-7-17-12/h1-2,7,10-11H,3-6,8-9H2. The molecule has 0 aromatic carbocycles. The van der Waals surface area contributed by atoms with Crippen molar-refractivity contribution in [2.75, 3.05) is 26.3 Å². The number of likely N-dealkylation sites (tertiary alicyclic amines) is 1. The Bertz CT molecular complexity index is 384. The van der Waals surface area contributed by atoms with E-state index in [4.69, 9.17) is 4.74 Å². The topological polar surface area (TPSA) is 29.5 Å². The normalized spacial score (nSPS) is 28.8. The van der Waals surface area contributed by atoms with Crippen LogP contribution in [0.25, 0.3) is 0 Å². The maximum absolute atomic E-state index is 12.2. The Balaban J connectivity index is 1.62. The van der Waals surface area contributed by atoms with Gasteiger partial charge in [-0.05, 0) is 24.3 Å². The van der Waals surface area contributed by atoms with Gasteiger partial charge >= 0.3 is 0 Å². The molecule has 1 aromatic rings. The van der Waals surface area contributed by atoms with Crippen molar-refractivity contribution in [1.82, 2.24) is 4.90 Å². The van der Waals surface area contributed by atoms with Crippen molar-refractivity contribution in [2.24, 2.45) is 5.92 Å². The summed E-state index contributed by atoms with van der Waals surface area (Å²) in [7, 11) is 0. The van der Waals surface area contributed by atoms with E-state index in [1.54, 1.807) is 11.3 Å². The quantitative estimate of drug-likeness (QED) is 0.805. The maximum atomic E-state index is 12.2. The summed E-state index contributed by atoms with van der Waals surface area (Å²) in [5.41, 5.74) is 0. The predicted octanol–water partition coefficient (Wildman–Crippen LogP) is 2.10. The molecule has 2 unspecified atom stereocenters. The van der Waals surface area contributed by atoms with Crippen molar-refractivity contribution in [3.05, 3.63) is 22.4 Å². The molecule has 0 bridgehead atoms. The Morgan fingerprint density at radius 1 is 1.47 bits per heavy atom. The van der Waals surface area contributed by atoms with Crippen molar-refractivity contribution in [3.63, 3.8) is 0 Å². The summed E-state index contributed by atoms with van der Waals surface area (Å²) < 4.78 is 5.29.